The number of unbranched alkanes of at least 4 members (excludes halogenated alkanes) is 1. The zero-order valence-electron chi connectivity index (χ0n) is 15.6. The molecule has 0 atom stereocenters. The Morgan fingerprint density at radius 3 is 2.17 bits per heavy atom. The Labute approximate surface area is 165 Å². The maximum atomic E-state index is 2.34. The van der Waals surface area contributed by atoms with Gasteiger partial charge in [-0.3, -0.25) is 0 Å². The van der Waals surface area contributed by atoms with Crippen LogP contribution in [0.15, 0.2) is 36.4 Å². The van der Waals surface area contributed by atoms with Crippen LogP contribution in [-0.4, -0.2) is 0 Å². The Bertz CT molecular complexity index is 835. The number of hydrogen-bond acceptors (Lipinski definition) is 0. The third-order valence-corrected chi connectivity index (χ3v) is 5.27. The molecule has 0 aliphatic heterocycles. The van der Waals surface area contributed by atoms with Gasteiger partial charge in [-0.25, -0.2) is 0 Å². The predicted molar refractivity (Wildman–Crippen MR) is 103 cm³/mol. The largest absolute Gasteiger partial charge is 0.165 e. The fraction of sp³-hybridized carbons (Fsp3) is 0.348. The molecule has 3 aromatic rings. The molecule has 0 bridgehead atoms. The average molecular weight is 395 g/mol. The fourth-order valence-corrected chi connectivity index (χ4v) is 3.63. The second kappa shape index (κ2) is 7.88. The topological polar surface area (TPSA) is 0 Å². The monoisotopic (exact) mass is 393 g/mol. The number of aryl methyl sites for hydroxylation is 3. The molecule has 24 heavy (non-hydrogen) atoms. The molecule has 0 saturated carbocycles. The van der Waals surface area contributed by atoms with Gasteiger partial charge >= 0.3 is 0 Å². The van der Waals surface area contributed by atoms with Gasteiger partial charge < -0.3 is 0 Å². The summed E-state index contributed by atoms with van der Waals surface area (Å²) in [5, 5.41) is 2.82. The van der Waals surface area contributed by atoms with Gasteiger partial charge in [0, 0.05) is 26.2 Å². The standard InChI is InChI=1S/C23H27.Zr/c1-6-7-8-19-9-11-20(12-10-19)23-18(5)16(3)17(4)21-13-15(2)14-22(21)23;/h9-14H,6-8H2,1-5H3;/q-1;. The minimum absolute atomic E-state index is 0. The van der Waals surface area contributed by atoms with E-state index in [0.29, 0.717) is 0 Å². The van der Waals surface area contributed by atoms with Crippen molar-refractivity contribution in [3.8, 4) is 11.1 Å². The van der Waals surface area contributed by atoms with Crippen LogP contribution in [0.3, 0.4) is 0 Å². The molecule has 0 heterocycles. The van der Waals surface area contributed by atoms with E-state index >= 15 is 0 Å². The van der Waals surface area contributed by atoms with Crippen LogP contribution in [0.5, 0.6) is 0 Å². The summed E-state index contributed by atoms with van der Waals surface area (Å²) in [6.45, 7) is 11.2. The van der Waals surface area contributed by atoms with Crippen LogP contribution in [0.25, 0.3) is 21.9 Å². The van der Waals surface area contributed by atoms with Crippen molar-refractivity contribution < 1.29 is 26.2 Å². The summed E-state index contributed by atoms with van der Waals surface area (Å²) < 4.78 is 0. The van der Waals surface area contributed by atoms with Crippen molar-refractivity contribution in [3.05, 3.63) is 64.2 Å². The van der Waals surface area contributed by atoms with E-state index in [1.54, 1.807) is 0 Å². The molecule has 0 nitrogen and oxygen atoms in total. The molecule has 124 valence electrons. The van der Waals surface area contributed by atoms with E-state index in [1.165, 1.54) is 69.0 Å². The van der Waals surface area contributed by atoms with Crippen LogP contribution in [0.1, 0.15) is 47.6 Å². The van der Waals surface area contributed by atoms with Crippen LogP contribution in [-0.2, 0) is 32.6 Å². The summed E-state index contributed by atoms with van der Waals surface area (Å²) in [7, 11) is 0. The molecular formula is C23H27Zr-. The Hall–Kier alpha value is -1.07. The zero-order valence-corrected chi connectivity index (χ0v) is 18.0. The van der Waals surface area contributed by atoms with E-state index in [9.17, 15) is 0 Å². The molecule has 0 N–H and O–H groups in total. The molecule has 0 unspecified atom stereocenters. The van der Waals surface area contributed by atoms with Crippen molar-refractivity contribution in [2.45, 2.75) is 53.9 Å². The fourth-order valence-electron chi connectivity index (χ4n) is 3.63. The molecule has 0 amide bonds. The average Bonchev–Trinajstić information content (AvgIpc) is 2.93. The molecule has 0 aliphatic rings. The summed E-state index contributed by atoms with van der Waals surface area (Å²) >= 11 is 0. The van der Waals surface area contributed by atoms with Crippen molar-refractivity contribution >= 4 is 10.8 Å². The zero-order chi connectivity index (χ0) is 16.6. The van der Waals surface area contributed by atoms with E-state index in [0.717, 1.165) is 0 Å². The third kappa shape index (κ3) is 3.47. The quantitative estimate of drug-likeness (QED) is 0.427. The molecule has 0 saturated heterocycles. The van der Waals surface area contributed by atoms with E-state index in [2.05, 4.69) is 71.0 Å². The predicted octanol–water partition coefficient (Wildman–Crippen LogP) is 6.80. The Morgan fingerprint density at radius 1 is 0.875 bits per heavy atom. The normalized spacial score (nSPS) is 10.9. The molecule has 0 radical (unpaired) electrons. The summed E-state index contributed by atoms with van der Waals surface area (Å²) in [5.41, 5.74) is 9.84. The number of hydrogen-bond donors (Lipinski definition) is 0. The first kappa shape index (κ1) is 19.3. The molecule has 0 spiro atoms. The SMILES string of the molecule is CCCCc1ccc(-c2c(C)c(C)c(C)c3[cH-]c(C)cc23)cc1.[Zr]. The smallest absolute Gasteiger partial charge is 0 e. The second-order valence-corrected chi connectivity index (χ2v) is 6.91. The third-order valence-electron chi connectivity index (χ3n) is 5.27. The molecule has 0 fully saturated rings. The molecule has 3 rings (SSSR count). The summed E-state index contributed by atoms with van der Waals surface area (Å²) in [5.74, 6) is 0. The maximum absolute atomic E-state index is 2.34. The van der Waals surface area contributed by atoms with Gasteiger partial charge in [0.1, 0.15) is 0 Å². The summed E-state index contributed by atoms with van der Waals surface area (Å²) in [6.07, 6.45) is 3.72. The van der Waals surface area contributed by atoms with Gasteiger partial charge in [0.05, 0.1) is 0 Å². The maximum Gasteiger partial charge on any atom is 0 e. The van der Waals surface area contributed by atoms with Crippen molar-refractivity contribution in [1.29, 1.82) is 0 Å². The molecule has 1 heteroatoms. The first-order valence-electron chi connectivity index (χ1n) is 8.79. The Morgan fingerprint density at radius 2 is 1.54 bits per heavy atom. The number of rotatable bonds is 4. The molecule has 0 aromatic heterocycles. The van der Waals surface area contributed by atoms with Crippen molar-refractivity contribution in [2.24, 2.45) is 0 Å². The van der Waals surface area contributed by atoms with Gasteiger partial charge in [-0.2, -0.15) is 6.07 Å². The summed E-state index contributed by atoms with van der Waals surface area (Å²) in [6, 6.07) is 13.9. The Balaban J connectivity index is 0.00000208. The van der Waals surface area contributed by atoms with Gasteiger partial charge in [0.2, 0.25) is 0 Å². The number of benzene rings is 2. The van der Waals surface area contributed by atoms with Crippen molar-refractivity contribution in [2.75, 3.05) is 0 Å². The van der Waals surface area contributed by atoms with E-state index in [4.69, 9.17) is 0 Å². The second-order valence-electron chi connectivity index (χ2n) is 6.91. The Kier molecular flexibility index (Phi) is 6.32. The van der Waals surface area contributed by atoms with Crippen molar-refractivity contribution in [1.82, 2.24) is 0 Å². The first-order valence-corrected chi connectivity index (χ1v) is 8.79. The van der Waals surface area contributed by atoms with Gasteiger partial charge in [0.15, 0.2) is 0 Å². The van der Waals surface area contributed by atoms with Gasteiger partial charge in [-0.1, -0.05) is 68.1 Å². The van der Waals surface area contributed by atoms with E-state index in [-0.39, 0.29) is 26.2 Å². The summed E-state index contributed by atoms with van der Waals surface area (Å²) in [4.78, 5) is 0. The number of fused-ring (bicyclic) bond motifs is 1. The minimum atomic E-state index is 0. The molecular weight excluding hydrogens is 367 g/mol. The molecule has 3 aromatic carbocycles. The van der Waals surface area contributed by atoms with Crippen molar-refractivity contribution in [3.63, 3.8) is 0 Å². The van der Waals surface area contributed by atoms with Gasteiger partial charge in [0.25, 0.3) is 0 Å². The van der Waals surface area contributed by atoms with Crippen LogP contribution in [0.4, 0.5) is 0 Å². The minimum Gasteiger partial charge on any atom is -0.165 e. The van der Waals surface area contributed by atoms with E-state index in [1.807, 2.05) is 0 Å². The first-order chi connectivity index (χ1) is 11.0. The van der Waals surface area contributed by atoms with E-state index < -0.39 is 0 Å². The van der Waals surface area contributed by atoms with Gasteiger partial charge in [-0.15, -0.1) is 28.0 Å². The molecule has 0 aliphatic carbocycles. The van der Waals surface area contributed by atoms with Gasteiger partial charge in [-0.05, 0) is 37.8 Å². The van der Waals surface area contributed by atoms with Crippen LogP contribution in [0.2, 0.25) is 0 Å². The van der Waals surface area contributed by atoms with Crippen LogP contribution < -0.4 is 0 Å². The van der Waals surface area contributed by atoms with Crippen LogP contribution >= 0.6 is 0 Å². The van der Waals surface area contributed by atoms with Crippen LogP contribution in [0, 0.1) is 27.7 Å².